The molecule has 2 aromatic carbocycles. The normalized spacial score (nSPS) is 10.2. The zero-order valence-electron chi connectivity index (χ0n) is 15.1. The van der Waals surface area contributed by atoms with Crippen LogP contribution < -0.4 is 15.4 Å². The second-order valence-corrected chi connectivity index (χ2v) is 6.32. The lowest BCUT2D eigenvalue weighted by Gasteiger charge is -2.13. The zero-order valence-corrected chi connectivity index (χ0v) is 15.9. The molecule has 6 nitrogen and oxygen atoms in total. The van der Waals surface area contributed by atoms with Crippen molar-refractivity contribution in [3.8, 4) is 5.75 Å². The number of para-hydroxylation sites is 1. The molecule has 3 aromatic rings. The maximum atomic E-state index is 12.7. The van der Waals surface area contributed by atoms with Crippen LogP contribution in [0.2, 0.25) is 5.02 Å². The highest BCUT2D eigenvalue weighted by Gasteiger charge is 2.15. The number of pyridine rings is 1. The highest BCUT2D eigenvalue weighted by molar-refractivity contribution is 6.31. The molecule has 0 aliphatic heterocycles. The minimum absolute atomic E-state index is 0.245. The predicted octanol–water partition coefficient (Wildman–Crippen LogP) is 3.93. The Morgan fingerprint density at radius 2 is 1.89 bits per heavy atom. The highest BCUT2D eigenvalue weighted by Crippen LogP contribution is 2.24. The van der Waals surface area contributed by atoms with Crippen molar-refractivity contribution in [1.29, 1.82) is 0 Å². The van der Waals surface area contributed by atoms with Crippen molar-refractivity contribution in [3.63, 3.8) is 0 Å². The van der Waals surface area contributed by atoms with Crippen molar-refractivity contribution in [3.05, 3.63) is 88.7 Å². The Bertz CT molecular complexity index is 993. The molecule has 28 heavy (non-hydrogen) atoms. The van der Waals surface area contributed by atoms with Crippen LogP contribution in [-0.2, 0) is 6.54 Å². The SMILES string of the molecule is COc1ccc(Cl)cc1C(=O)Nc1ccccc1CNC(=O)c1cccnc1. The van der Waals surface area contributed by atoms with Gasteiger partial charge in [0.1, 0.15) is 5.75 Å². The molecule has 7 heteroatoms. The van der Waals surface area contributed by atoms with Crippen molar-refractivity contribution in [1.82, 2.24) is 10.3 Å². The lowest BCUT2D eigenvalue weighted by Crippen LogP contribution is -2.24. The summed E-state index contributed by atoms with van der Waals surface area (Å²) in [7, 11) is 1.49. The lowest BCUT2D eigenvalue weighted by atomic mass is 10.1. The molecule has 1 aromatic heterocycles. The van der Waals surface area contributed by atoms with E-state index < -0.39 is 0 Å². The molecule has 0 bridgehead atoms. The zero-order chi connectivity index (χ0) is 19.9. The number of anilines is 1. The molecule has 0 saturated heterocycles. The average molecular weight is 396 g/mol. The summed E-state index contributed by atoms with van der Waals surface area (Å²) in [6.07, 6.45) is 3.10. The summed E-state index contributed by atoms with van der Waals surface area (Å²) in [5, 5.41) is 6.11. The smallest absolute Gasteiger partial charge is 0.259 e. The van der Waals surface area contributed by atoms with Crippen LogP contribution in [0.1, 0.15) is 26.3 Å². The number of nitrogens with one attached hydrogen (secondary N) is 2. The first-order valence-corrected chi connectivity index (χ1v) is 8.87. The first-order valence-electron chi connectivity index (χ1n) is 8.49. The van der Waals surface area contributed by atoms with Gasteiger partial charge < -0.3 is 15.4 Å². The number of amides is 2. The molecule has 0 aliphatic carbocycles. The van der Waals surface area contributed by atoms with E-state index in [0.29, 0.717) is 27.6 Å². The van der Waals surface area contributed by atoms with Gasteiger partial charge in [0.2, 0.25) is 0 Å². The highest BCUT2D eigenvalue weighted by atomic mass is 35.5. The topological polar surface area (TPSA) is 80.3 Å². The van der Waals surface area contributed by atoms with Crippen LogP contribution in [0.15, 0.2) is 67.0 Å². The number of halogens is 1. The third-order valence-corrected chi connectivity index (χ3v) is 4.27. The predicted molar refractivity (Wildman–Crippen MR) is 108 cm³/mol. The number of rotatable bonds is 6. The van der Waals surface area contributed by atoms with Crippen LogP contribution in [0, 0.1) is 0 Å². The van der Waals surface area contributed by atoms with Crippen molar-refractivity contribution < 1.29 is 14.3 Å². The van der Waals surface area contributed by atoms with Gasteiger partial charge in [-0.25, -0.2) is 0 Å². The fourth-order valence-corrected chi connectivity index (χ4v) is 2.79. The minimum Gasteiger partial charge on any atom is -0.496 e. The van der Waals surface area contributed by atoms with Gasteiger partial charge in [0.05, 0.1) is 18.2 Å². The quantitative estimate of drug-likeness (QED) is 0.662. The number of aromatic nitrogens is 1. The monoisotopic (exact) mass is 395 g/mol. The molecule has 0 saturated carbocycles. The summed E-state index contributed by atoms with van der Waals surface area (Å²) < 4.78 is 5.23. The Kier molecular flexibility index (Phi) is 6.24. The van der Waals surface area contributed by atoms with E-state index in [1.807, 2.05) is 12.1 Å². The molecule has 1 heterocycles. The average Bonchev–Trinajstić information content (AvgIpc) is 2.73. The van der Waals surface area contributed by atoms with Gasteiger partial charge in [-0.05, 0) is 42.0 Å². The van der Waals surface area contributed by atoms with Crippen LogP contribution in [-0.4, -0.2) is 23.9 Å². The minimum atomic E-state index is -0.356. The maximum absolute atomic E-state index is 12.7. The fourth-order valence-electron chi connectivity index (χ4n) is 2.62. The maximum Gasteiger partial charge on any atom is 0.259 e. The Morgan fingerprint density at radius 3 is 2.64 bits per heavy atom. The van der Waals surface area contributed by atoms with Gasteiger partial charge in [0, 0.05) is 29.6 Å². The number of hydrogen-bond donors (Lipinski definition) is 2. The first-order chi connectivity index (χ1) is 13.6. The van der Waals surface area contributed by atoms with Crippen LogP contribution >= 0.6 is 11.6 Å². The van der Waals surface area contributed by atoms with Gasteiger partial charge >= 0.3 is 0 Å². The van der Waals surface area contributed by atoms with E-state index in [4.69, 9.17) is 16.3 Å². The molecule has 0 radical (unpaired) electrons. The number of ether oxygens (including phenoxy) is 1. The summed E-state index contributed by atoms with van der Waals surface area (Å²) in [4.78, 5) is 28.9. The standard InChI is InChI=1S/C21H18ClN3O3/c1-28-19-9-8-16(22)11-17(19)21(27)25-18-7-3-2-5-14(18)13-24-20(26)15-6-4-10-23-12-15/h2-12H,13H2,1H3,(H,24,26)(H,25,27). The van der Waals surface area contributed by atoms with Crippen LogP contribution in [0.4, 0.5) is 5.69 Å². The second-order valence-electron chi connectivity index (χ2n) is 5.88. The van der Waals surface area contributed by atoms with E-state index in [-0.39, 0.29) is 18.4 Å². The number of carbonyl (C=O) groups is 2. The van der Waals surface area contributed by atoms with Crippen molar-refractivity contribution in [2.24, 2.45) is 0 Å². The number of carbonyl (C=O) groups excluding carboxylic acids is 2. The molecule has 3 rings (SSSR count). The third kappa shape index (κ3) is 4.66. The summed E-state index contributed by atoms with van der Waals surface area (Å²) in [5.41, 5.74) is 2.13. The molecule has 0 fully saturated rings. The largest absolute Gasteiger partial charge is 0.496 e. The molecular weight excluding hydrogens is 378 g/mol. The lowest BCUT2D eigenvalue weighted by molar-refractivity contribution is 0.0950. The summed E-state index contributed by atoms with van der Waals surface area (Å²) in [5.74, 6) is -0.180. The number of benzene rings is 2. The fraction of sp³-hybridized carbons (Fsp3) is 0.0952. The van der Waals surface area contributed by atoms with Gasteiger partial charge in [-0.1, -0.05) is 29.8 Å². The van der Waals surface area contributed by atoms with E-state index >= 15 is 0 Å². The molecule has 142 valence electrons. The summed E-state index contributed by atoms with van der Waals surface area (Å²) in [6.45, 7) is 0.247. The van der Waals surface area contributed by atoms with Gasteiger partial charge in [0.15, 0.2) is 0 Å². The van der Waals surface area contributed by atoms with Gasteiger partial charge in [-0.2, -0.15) is 0 Å². The van der Waals surface area contributed by atoms with Crippen molar-refractivity contribution in [2.75, 3.05) is 12.4 Å². The molecule has 0 spiro atoms. The van der Waals surface area contributed by atoms with Crippen LogP contribution in [0.5, 0.6) is 5.75 Å². The molecule has 0 unspecified atom stereocenters. The third-order valence-electron chi connectivity index (χ3n) is 4.03. The number of nitrogens with zero attached hydrogens (tertiary/aromatic N) is 1. The van der Waals surface area contributed by atoms with E-state index in [1.165, 1.54) is 13.3 Å². The molecule has 2 N–H and O–H groups in total. The van der Waals surface area contributed by atoms with Crippen molar-refractivity contribution in [2.45, 2.75) is 6.54 Å². The Labute approximate surface area is 167 Å². The summed E-state index contributed by atoms with van der Waals surface area (Å²) in [6, 6.07) is 15.4. The Morgan fingerprint density at radius 1 is 1.07 bits per heavy atom. The van der Waals surface area contributed by atoms with Gasteiger partial charge in [0.25, 0.3) is 11.8 Å². The molecular formula is C21H18ClN3O3. The van der Waals surface area contributed by atoms with Gasteiger partial charge in [-0.15, -0.1) is 0 Å². The van der Waals surface area contributed by atoms with Crippen LogP contribution in [0.3, 0.4) is 0 Å². The Balaban J connectivity index is 1.75. The van der Waals surface area contributed by atoms with Gasteiger partial charge in [-0.3, -0.25) is 14.6 Å². The number of hydrogen-bond acceptors (Lipinski definition) is 4. The molecule has 2 amide bonds. The second kappa shape index (κ2) is 9.01. The van der Waals surface area contributed by atoms with E-state index in [1.54, 1.807) is 48.7 Å². The van der Waals surface area contributed by atoms with E-state index in [9.17, 15) is 9.59 Å². The molecule has 0 atom stereocenters. The van der Waals surface area contributed by atoms with Crippen LogP contribution in [0.25, 0.3) is 0 Å². The van der Waals surface area contributed by atoms with E-state index in [2.05, 4.69) is 15.6 Å². The molecule has 0 aliphatic rings. The summed E-state index contributed by atoms with van der Waals surface area (Å²) >= 11 is 6.01. The Hall–Kier alpha value is -3.38. The number of methoxy groups -OCH3 is 1. The first kappa shape index (κ1) is 19.4. The van der Waals surface area contributed by atoms with E-state index in [0.717, 1.165) is 5.56 Å². The van der Waals surface area contributed by atoms with Crippen molar-refractivity contribution >= 4 is 29.1 Å².